The summed E-state index contributed by atoms with van der Waals surface area (Å²) in [5, 5.41) is 3.14. The van der Waals surface area contributed by atoms with Gasteiger partial charge in [0.15, 0.2) is 0 Å². The summed E-state index contributed by atoms with van der Waals surface area (Å²) in [5.74, 6) is 0.264. The van der Waals surface area contributed by atoms with Crippen molar-refractivity contribution < 1.29 is 17.6 Å². The van der Waals surface area contributed by atoms with Crippen molar-refractivity contribution in [2.45, 2.75) is 13.8 Å². The highest BCUT2D eigenvalue weighted by atomic mass is 32.2. The van der Waals surface area contributed by atoms with Crippen LogP contribution in [0.3, 0.4) is 0 Å². The average Bonchev–Trinajstić information content (AvgIpc) is 2.92. The first kappa shape index (κ1) is 17.9. The number of rotatable bonds is 4. The van der Waals surface area contributed by atoms with Gasteiger partial charge in [-0.3, -0.25) is 9.52 Å². The van der Waals surface area contributed by atoms with Gasteiger partial charge in [0.25, 0.3) is 5.91 Å². The Kier molecular flexibility index (Phi) is 4.45. The molecule has 0 aliphatic rings. The van der Waals surface area contributed by atoms with E-state index in [-0.39, 0.29) is 17.4 Å². The van der Waals surface area contributed by atoms with Crippen LogP contribution in [-0.4, -0.2) is 32.6 Å². The number of sulfonamides is 1. The summed E-state index contributed by atoms with van der Waals surface area (Å²) in [7, 11) is -1.94. The molecule has 0 aliphatic carbocycles. The molecule has 7 nitrogen and oxygen atoms in total. The number of nitrogens with one attached hydrogen (secondary N) is 2. The molecule has 0 aliphatic heterocycles. The van der Waals surface area contributed by atoms with Gasteiger partial charge in [0.2, 0.25) is 15.7 Å². The Morgan fingerprint density at radius 2 is 1.81 bits per heavy atom. The van der Waals surface area contributed by atoms with Crippen molar-refractivity contribution in [3.05, 3.63) is 47.0 Å². The second kappa shape index (κ2) is 6.45. The number of carbonyl (C=O) groups is 1. The Morgan fingerprint density at radius 3 is 2.38 bits per heavy atom. The zero-order chi connectivity index (χ0) is 19.1. The van der Waals surface area contributed by atoms with Gasteiger partial charge in [0.1, 0.15) is 11.6 Å². The SMILES string of the molecule is CNC(=O)c1c(-c2ccc(C)cc2)oc2nc(NS(C)(=O)=O)c(C)cc12. The van der Waals surface area contributed by atoms with Gasteiger partial charge >= 0.3 is 0 Å². The summed E-state index contributed by atoms with van der Waals surface area (Å²) >= 11 is 0. The fourth-order valence-corrected chi connectivity index (χ4v) is 3.22. The van der Waals surface area contributed by atoms with Gasteiger partial charge in [-0.1, -0.05) is 29.8 Å². The van der Waals surface area contributed by atoms with Crippen LogP contribution in [-0.2, 0) is 10.0 Å². The van der Waals surface area contributed by atoms with E-state index in [1.807, 2.05) is 31.2 Å². The van der Waals surface area contributed by atoms with Crippen LogP contribution in [0.15, 0.2) is 34.7 Å². The standard InChI is InChI=1S/C18H19N3O4S/c1-10-5-7-12(8-6-10)15-14(17(22)19-3)13-9-11(2)16(20-18(13)25-15)21-26(4,23)24/h5-9H,1-4H3,(H,19,22)(H,20,21). The number of nitrogens with zero attached hydrogens (tertiary/aromatic N) is 1. The zero-order valence-electron chi connectivity index (χ0n) is 14.9. The van der Waals surface area contributed by atoms with Gasteiger partial charge in [0, 0.05) is 12.6 Å². The van der Waals surface area contributed by atoms with Crippen molar-refractivity contribution >= 4 is 32.8 Å². The highest BCUT2D eigenvalue weighted by Gasteiger charge is 2.23. The highest BCUT2D eigenvalue weighted by Crippen LogP contribution is 2.34. The van der Waals surface area contributed by atoms with Crippen LogP contribution >= 0.6 is 0 Å². The minimum Gasteiger partial charge on any atom is -0.437 e. The summed E-state index contributed by atoms with van der Waals surface area (Å²) in [4.78, 5) is 16.7. The van der Waals surface area contributed by atoms with Gasteiger partial charge in [0.05, 0.1) is 17.2 Å². The monoisotopic (exact) mass is 373 g/mol. The van der Waals surface area contributed by atoms with Crippen molar-refractivity contribution in [1.82, 2.24) is 10.3 Å². The van der Waals surface area contributed by atoms with E-state index in [0.29, 0.717) is 22.3 Å². The first-order chi connectivity index (χ1) is 12.2. The number of amides is 1. The molecular formula is C18H19N3O4S. The second-order valence-corrected chi connectivity index (χ2v) is 7.88. The summed E-state index contributed by atoms with van der Waals surface area (Å²) in [6, 6.07) is 9.27. The van der Waals surface area contributed by atoms with E-state index in [9.17, 15) is 13.2 Å². The molecule has 2 N–H and O–H groups in total. The fourth-order valence-electron chi connectivity index (χ4n) is 2.66. The molecule has 3 rings (SSSR count). The molecule has 2 aromatic heterocycles. The Morgan fingerprint density at radius 1 is 1.15 bits per heavy atom. The lowest BCUT2D eigenvalue weighted by Crippen LogP contribution is -2.18. The lowest BCUT2D eigenvalue weighted by Gasteiger charge is -2.06. The predicted octanol–water partition coefficient (Wildman–Crippen LogP) is 2.84. The highest BCUT2D eigenvalue weighted by molar-refractivity contribution is 7.92. The Bertz CT molecular complexity index is 1100. The number of hydrogen-bond acceptors (Lipinski definition) is 5. The summed E-state index contributed by atoms with van der Waals surface area (Å²) in [5.41, 5.74) is 2.97. The van der Waals surface area contributed by atoms with Crippen molar-refractivity contribution in [1.29, 1.82) is 0 Å². The van der Waals surface area contributed by atoms with E-state index in [4.69, 9.17) is 4.42 Å². The number of aromatic nitrogens is 1. The topological polar surface area (TPSA) is 101 Å². The van der Waals surface area contributed by atoms with Gasteiger partial charge in [-0.25, -0.2) is 8.42 Å². The number of furan rings is 1. The van der Waals surface area contributed by atoms with Crippen LogP contribution in [0.25, 0.3) is 22.4 Å². The average molecular weight is 373 g/mol. The molecule has 3 aromatic rings. The largest absolute Gasteiger partial charge is 0.437 e. The van der Waals surface area contributed by atoms with E-state index in [1.54, 1.807) is 20.0 Å². The number of carbonyl (C=O) groups excluding carboxylic acids is 1. The third kappa shape index (κ3) is 3.41. The maximum absolute atomic E-state index is 12.5. The smallest absolute Gasteiger partial charge is 0.255 e. The second-order valence-electron chi connectivity index (χ2n) is 6.13. The summed E-state index contributed by atoms with van der Waals surface area (Å²) in [6.45, 7) is 3.68. The number of aryl methyl sites for hydroxylation is 2. The molecular weight excluding hydrogens is 354 g/mol. The maximum atomic E-state index is 12.5. The lowest BCUT2D eigenvalue weighted by atomic mass is 10.0. The van der Waals surface area contributed by atoms with Crippen LogP contribution in [0.2, 0.25) is 0 Å². The van der Waals surface area contributed by atoms with E-state index >= 15 is 0 Å². The van der Waals surface area contributed by atoms with Crippen LogP contribution in [0.5, 0.6) is 0 Å². The van der Waals surface area contributed by atoms with E-state index in [0.717, 1.165) is 17.4 Å². The molecule has 26 heavy (non-hydrogen) atoms. The van der Waals surface area contributed by atoms with Gasteiger partial charge < -0.3 is 9.73 Å². The number of fused-ring (bicyclic) bond motifs is 1. The number of anilines is 1. The molecule has 0 saturated heterocycles. The molecule has 0 spiro atoms. The molecule has 136 valence electrons. The van der Waals surface area contributed by atoms with E-state index < -0.39 is 10.0 Å². The predicted molar refractivity (Wildman–Crippen MR) is 101 cm³/mol. The number of benzene rings is 1. The quantitative estimate of drug-likeness (QED) is 0.732. The van der Waals surface area contributed by atoms with E-state index in [2.05, 4.69) is 15.0 Å². The molecule has 0 radical (unpaired) electrons. The molecule has 2 heterocycles. The molecule has 8 heteroatoms. The molecule has 0 unspecified atom stereocenters. The van der Waals surface area contributed by atoms with Crippen molar-refractivity contribution in [3.63, 3.8) is 0 Å². The minimum absolute atomic E-state index is 0.174. The minimum atomic E-state index is -3.48. The van der Waals surface area contributed by atoms with Gasteiger partial charge in [-0.05, 0) is 25.5 Å². The Labute approximate surface area is 151 Å². The van der Waals surface area contributed by atoms with Gasteiger partial charge in [-0.2, -0.15) is 4.98 Å². The van der Waals surface area contributed by atoms with Crippen LogP contribution in [0, 0.1) is 13.8 Å². The maximum Gasteiger partial charge on any atom is 0.255 e. The van der Waals surface area contributed by atoms with E-state index in [1.165, 1.54) is 0 Å². The van der Waals surface area contributed by atoms with Crippen LogP contribution in [0.1, 0.15) is 21.5 Å². The van der Waals surface area contributed by atoms with Gasteiger partial charge in [-0.15, -0.1) is 0 Å². The molecule has 0 fully saturated rings. The number of hydrogen-bond donors (Lipinski definition) is 2. The first-order valence-corrected chi connectivity index (χ1v) is 9.80. The van der Waals surface area contributed by atoms with Crippen molar-refractivity contribution in [3.8, 4) is 11.3 Å². The van der Waals surface area contributed by atoms with Crippen molar-refractivity contribution in [2.24, 2.45) is 0 Å². The van der Waals surface area contributed by atoms with Crippen LogP contribution < -0.4 is 10.0 Å². The zero-order valence-corrected chi connectivity index (χ0v) is 15.7. The normalized spacial score (nSPS) is 11.5. The van der Waals surface area contributed by atoms with Crippen LogP contribution in [0.4, 0.5) is 5.82 Å². The Balaban J connectivity index is 2.27. The number of pyridine rings is 1. The first-order valence-electron chi connectivity index (χ1n) is 7.90. The summed E-state index contributed by atoms with van der Waals surface area (Å²) in [6.07, 6.45) is 1.05. The lowest BCUT2D eigenvalue weighted by molar-refractivity contribution is 0.0964. The summed E-state index contributed by atoms with van der Waals surface area (Å²) < 4.78 is 31.3. The van der Waals surface area contributed by atoms with Crippen molar-refractivity contribution in [2.75, 3.05) is 18.0 Å². The third-order valence-corrected chi connectivity index (χ3v) is 4.49. The molecule has 1 aromatic carbocycles. The fraction of sp³-hybridized carbons (Fsp3) is 0.222. The molecule has 0 atom stereocenters. The third-order valence-electron chi connectivity index (χ3n) is 3.92. The molecule has 1 amide bonds. The Hall–Kier alpha value is -2.87. The molecule has 0 bridgehead atoms. The molecule has 0 saturated carbocycles.